The highest BCUT2D eigenvalue weighted by Crippen LogP contribution is 2.04. The van der Waals surface area contributed by atoms with Gasteiger partial charge in [-0.3, -0.25) is 0 Å². The Morgan fingerprint density at radius 3 is 2.62 bits per heavy atom. The van der Waals surface area contributed by atoms with E-state index in [1.54, 1.807) is 12.1 Å². The van der Waals surface area contributed by atoms with Gasteiger partial charge in [-0.25, -0.2) is 4.39 Å². The Labute approximate surface area is 84.8 Å². The predicted octanol–water partition coefficient (Wildman–Crippen LogP) is 2.75. The van der Waals surface area contributed by atoms with Gasteiger partial charge < -0.3 is 5.32 Å². The summed E-state index contributed by atoms with van der Waals surface area (Å²) in [7, 11) is 0. The second-order valence-electron chi connectivity index (χ2n) is 2.77. The molecule has 0 aromatic heterocycles. The van der Waals surface area contributed by atoms with Crippen molar-refractivity contribution in [1.82, 2.24) is 5.32 Å². The first-order valence-electron chi connectivity index (χ1n) is 4.28. The lowest BCUT2D eigenvalue weighted by molar-refractivity contribution is 0.586. The first-order valence-corrected chi connectivity index (χ1v) is 4.28. The predicted molar refractivity (Wildman–Crippen MR) is 55.6 cm³/mol. The molecule has 0 aliphatic carbocycles. The van der Waals surface area contributed by atoms with Crippen molar-refractivity contribution in [3.8, 4) is 0 Å². The van der Waals surface area contributed by atoms with Crippen LogP contribution in [0, 0.1) is 5.82 Å². The Hall–Kier alpha value is -0.600. The molecule has 0 radical (unpaired) electrons. The highest BCUT2D eigenvalue weighted by Gasteiger charge is 1.97. The fourth-order valence-corrected chi connectivity index (χ4v) is 1.04. The Bertz CT molecular complexity index is 240. The van der Waals surface area contributed by atoms with Gasteiger partial charge in [0.25, 0.3) is 0 Å². The Morgan fingerprint density at radius 1 is 1.31 bits per heavy atom. The number of halogens is 2. The first-order chi connectivity index (χ1) is 5.84. The molecule has 1 rings (SSSR count). The molecule has 0 saturated heterocycles. The van der Waals surface area contributed by atoms with E-state index >= 15 is 0 Å². The average Bonchev–Trinajstić information content (AvgIpc) is 2.09. The summed E-state index contributed by atoms with van der Waals surface area (Å²) in [6.45, 7) is 3.66. The molecular formula is C10H15ClFN. The van der Waals surface area contributed by atoms with Gasteiger partial charge in [0.15, 0.2) is 0 Å². The third kappa shape index (κ3) is 4.25. The van der Waals surface area contributed by atoms with E-state index in [4.69, 9.17) is 0 Å². The highest BCUT2D eigenvalue weighted by atomic mass is 35.5. The van der Waals surface area contributed by atoms with E-state index in [1.807, 2.05) is 6.07 Å². The van der Waals surface area contributed by atoms with Crippen molar-refractivity contribution in [2.24, 2.45) is 0 Å². The second kappa shape index (κ2) is 6.87. The first kappa shape index (κ1) is 12.4. The summed E-state index contributed by atoms with van der Waals surface area (Å²) < 4.78 is 13.0. The summed E-state index contributed by atoms with van der Waals surface area (Å²) in [4.78, 5) is 0. The number of rotatable bonds is 4. The van der Waals surface area contributed by atoms with Crippen molar-refractivity contribution in [2.45, 2.75) is 19.9 Å². The van der Waals surface area contributed by atoms with E-state index in [1.165, 1.54) is 6.07 Å². The molecule has 0 atom stereocenters. The lowest BCUT2D eigenvalue weighted by Gasteiger charge is -2.03. The fraction of sp³-hybridized carbons (Fsp3) is 0.400. The van der Waals surface area contributed by atoms with Crippen molar-refractivity contribution in [1.29, 1.82) is 0 Å². The maximum absolute atomic E-state index is 13.0. The smallest absolute Gasteiger partial charge is 0.127 e. The second-order valence-corrected chi connectivity index (χ2v) is 2.77. The molecule has 0 aliphatic heterocycles. The maximum Gasteiger partial charge on any atom is 0.127 e. The molecule has 13 heavy (non-hydrogen) atoms. The van der Waals surface area contributed by atoms with Crippen LogP contribution >= 0.6 is 12.4 Å². The average molecular weight is 204 g/mol. The molecule has 0 heterocycles. The number of hydrogen-bond acceptors (Lipinski definition) is 1. The van der Waals surface area contributed by atoms with Crippen molar-refractivity contribution in [2.75, 3.05) is 6.54 Å². The summed E-state index contributed by atoms with van der Waals surface area (Å²) in [6.07, 6.45) is 1.08. The Balaban J connectivity index is 0.00000144. The SMILES string of the molecule is CCCNCc1ccccc1F.Cl. The molecule has 0 amide bonds. The van der Waals surface area contributed by atoms with E-state index in [0.717, 1.165) is 18.5 Å². The van der Waals surface area contributed by atoms with Gasteiger partial charge >= 0.3 is 0 Å². The minimum absolute atomic E-state index is 0. The largest absolute Gasteiger partial charge is 0.313 e. The normalized spacial score (nSPS) is 9.38. The zero-order valence-corrected chi connectivity index (χ0v) is 8.53. The molecule has 0 unspecified atom stereocenters. The summed E-state index contributed by atoms with van der Waals surface area (Å²) in [5.74, 6) is -0.124. The van der Waals surface area contributed by atoms with Gasteiger partial charge in [0.2, 0.25) is 0 Å². The van der Waals surface area contributed by atoms with Gasteiger partial charge in [0, 0.05) is 12.1 Å². The van der Waals surface area contributed by atoms with Gasteiger partial charge in [-0.05, 0) is 19.0 Å². The van der Waals surface area contributed by atoms with Crippen LogP contribution in [0.5, 0.6) is 0 Å². The van der Waals surface area contributed by atoms with Crippen LogP contribution in [-0.4, -0.2) is 6.54 Å². The van der Waals surface area contributed by atoms with E-state index in [0.29, 0.717) is 6.54 Å². The van der Waals surface area contributed by atoms with E-state index in [2.05, 4.69) is 12.2 Å². The highest BCUT2D eigenvalue weighted by molar-refractivity contribution is 5.85. The molecule has 3 heteroatoms. The van der Waals surface area contributed by atoms with Gasteiger partial charge in [-0.15, -0.1) is 12.4 Å². The van der Waals surface area contributed by atoms with Crippen molar-refractivity contribution in [3.63, 3.8) is 0 Å². The molecular weight excluding hydrogens is 189 g/mol. The fourth-order valence-electron chi connectivity index (χ4n) is 1.04. The van der Waals surface area contributed by atoms with Gasteiger partial charge in [-0.1, -0.05) is 25.1 Å². The monoisotopic (exact) mass is 203 g/mol. The Morgan fingerprint density at radius 2 is 2.00 bits per heavy atom. The zero-order valence-electron chi connectivity index (χ0n) is 7.72. The third-order valence-corrected chi connectivity index (χ3v) is 1.70. The Kier molecular flexibility index (Phi) is 6.55. The van der Waals surface area contributed by atoms with Gasteiger partial charge in [-0.2, -0.15) is 0 Å². The standard InChI is InChI=1S/C10H14FN.ClH/c1-2-7-12-8-9-5-3-4-6-10(9)11;/h3-6,12H,2,7-8H2,1H3;1H. The summed E-state index contributed by atoms with van der Waals surface area (Å²) >= 11 is 0. The molecule has 0 bridgehead atoms. The number of benzene rings is 1. The van der Waals surface area contributed by atoms with Crippen molar-refractivity contribution in [3.05, 3.63) is 35.6 Å². The van der Waals surface area contributed by atoms with E-state index in [9.17, 15) is 4.39 Å². The van der Waals surface area contributed by atoms with Gasteiger partial charge in [0.05, 0.1) is 0 Å². The van der Waals surface area contributed by atoms with E-state index in [-0.39, 0.29) is 18.2 Å². The van der Waals surface area contributed by atoms with Crippen LogP contribution in [0.25, 0.3) is 0 Å². The molecule has 74 valence electrons. The minimum Gasteiger partial charge on any atom is -0.313 e. The molecule has 0 fully saturated rings. The lowest BCUT2D eigenvalue weighted by Crippen LogP contribution is -2.14. The van der Waals surface area contributed by atoms with Crippen LogP contribution in [0.15, 0.2) is 24.3 Å². The maximum atomic E-state index is 13.0. The zero-order chi connectivity index (χ0) is 8.81. The number of nitrogens with one attached hydrogen (secondary N) is 1. The molecule has 1 aromatic rings. The van der Waals surface area contributed by atoms with Crippen molar-refractivity contribution < 1.29 is 4.39 Å². The van der Waals surface area contributed by atoms with Gasteiger partial charge in [0.1, 0.15) is 5.82 Å². The topological polar surface area (TPSA) is 12.0 Å². The molecule has 0 aliphatic rings. The third-order valence-electron chi connectivity index (χ3n) is 1.70. The summed E-state index contributed by atoms with van der Waals surface area (Å²) in [6, 6.07) is 6.85. The van der Waals surface area contributed by atoms with Crippen molar-refractivity contribution >= 4 is 12.4 Å². The van der Waals surface area contributed by atoms with Crippen LogP contribution in [0.4, 0.5) is 4.39 Å². The van der Waals surface area contributed by atoms with Crippen LogP contribution < -0.4 is 5.32 Å². The van der Waals surface area contributed by atoms with Crippen LogP contribution in [-0.2, 0) is 6.54 Å². The molecule has 1 aromatic carbocycles. The number of hydrogen-bond donors (Lipinski definition) is 1. The lowest BCUT2D eigenvalue weighted by atomic mass is 10.2. The van der Waals surface area contributed by atoms with Crippen LogP contribution in [0.2, 0.25) is 0 Å². The van der Waals surface area contributed by atoms with Crippen LogP contribution in [0.1, 0.15) is 18.9 Å². The molecule has 0 spiro atoms. The summed E-state index contributed by atoms with van der Waals surface area (Å²) in [5.41, 5.74) is 0.742. The van der Waals surface area contributed by atoms with E-state index < -0.39 is 0 Å². The molecule has 1 nitrogen and oxygen atoms in total. The van der Waals surface area contributed by atoms with Crippen LogP contribution in [0.3, 0.4) is 0 Å². The molecule has 0 saturated carbocycles. The molecule has 1 N–H and O–H groups in total. The quantitative estimate of drug-likeness (QED) is 0.743. The minimum atomic E-state index is -0.124. The summed E-state index contributed by atoms with van der Waals surface area (Å²) in [5, 5.41) is 3.15.